The fraction of sp³-hybridized carbons (Fsp3) is 0.389. The van der Waals surface area contributed by atoms with Gasteiger partial charge in [0.15, 0.2) is 0 Å². The van der Waals surface area contributed by atoms with Gasteiger partial charge in [0.2, 0.25) is 5.91 Å². The average molecular weight is 332 g/mol. The average Bonchev–Trinajstić information content (AvgIpc) is 3.08. The van der Waals surface area contributed by atoms with Gasteiger partial charge in [-0.05, 0) is 42.0 Å². The van der Waals surface area contributed by atoms with Crippen LogP contribution in [0.3, 0.4) is 0 Å². The van der Waals surface area contributed by atoms with Crippen molar-refractivity contribution in [3.8, 4) is 0 Å². The summed E-state index contributed by atoms with van der Waals surface area (Å²) in [5, 5.41) is 8.32. The number of thiophene rings is 1. The van der Waals surface area contributed by atoms with Crippen LogP contribution in [-0.4, -0.2) is 26.2 Å². The van der Waals surface area contributed by atoms with Crippen LogP contribution in [0.5, 0.6) is 0 Å². The normalized spacial score (nSPS) is 10.5. The molecule has 2 N–H and O–H groups in total. The molecular weight excluding hydrogens is 308 g/mol. The van der Waals surface area contributed by atoms with E-state index in [1.807, 2.05) is 30.3 Å². The highest BCUT2D eigenvalue weighted by atomic mass is 32.1. The van der Waals surface area contributed by atoms with E-state index in [9.17, 15) is 4.79 Å². The van der Waals surface area contributed by atoms with Gasteiger partial charge in [0.1, 0.15) is 0 Å². The summed E-state index contributed by atoms with van der Waals surface area (Å²) in [4.78, 5) is 13.2. The number of benzene rings is 1. The van der Waals surface area contributed by atoms with Crippen LogP contribution in [0.1, 0.15) is 23.3 Å². The third kappa shape index (κ3) is 6.84. The zero-order valence-corrected chi connectivity index (χ0v) is 14.3. The monoisotopic (exact) mass is 332 g/mol. The minimum Gasteiger partial charge on any atom is -0.383 e. The predicted octanol–water partition coefficient (Wildman–Crippen LogP) is 3.45. The molecule has 0 aliphatic rings. The zero-order chi connectivity index (χ0) is 16.3. The third-order valence-electron chi connectivity index (χ3n) is 3.49. The number of anilines is 1. The Balaban J connectivity index is 1.63. The summed E-state index contributed by atoms with van der Waals surface area (Å²) in [6.07, 6.45) is 2.45. The fourth-order valence-corrected chi connectivity index (χ4v) is 2.96. The molecule has 0 unspecified atom stereocenters. The van der Waals surface area contributed by atoms with E-state index in [4.69, 9.17) is 4.74 Å². The van der Waals surface area contributed by atoms with Gasteiger partial charge in [0.25, 0.3) is 0 Å². The highest BCUT2D eigenvalue weighted by Crippen LogP contribution is 2.12. The summed E-state index contributed by atoms with van der Waals surface area (Å²) in [6.45, 7) is 2.05. The first-order valence-electron chi connectivity index (χ1n) is 7.89. The van der Waals surface area contributed by atoms with E-state index in [0.29, 0.717) is 19.6 Å². The number of methoxy groups -OCH3 is 1. The lowest BCUT2D eigenvalue weighted by molar-refractivity contribution is -0.121. The third-order valence-corrected chi connectivity index (χ3v) is 4.42. The van der Waals surface area contributed by atoms with Crippen molar-refractivity contribution in [1.82, 2.24) is 5.32 Å². The largest absolute Gasteiger partial charge is 0.383 e. The molecule has 0 bridgehead atoms. The lowest BCUT2D eigenvalue weighted by Crippen LogP contribution is -2.22. The molecule has 1 amide bonds. The molecule has 1 aromatic carbocycles. The molecule has 0 atom stereocenters. The first-order chi connectivity index (χ1) is 11.3. The summed E-state index contributed by atoms with van der Waals surface area (Å²) < 4.78 is 5.00. The number of rotatable bonds is 10. The molecule has 1 heterocycles. The summed E-state index contributed by atoms with van der Waals surface area (Å²) in [5.74, 6) is 0.115. The molecule has 0 spiro atoms. The van der Waals surface area contributed by atoms with Gasteiger partial charge < -0.3 is 15.4 Å². The van der Waals surface area contributed by atoms with E-state index in [2.05, 4.69) is 22.1 Å². The molecule has 0 aliphatic carbocycles. The first-order valence-corrected chi connectivity index (χ1v) is 8.77. The van der Waals surface area contributed by atoms with Crippen molar-refractivity contribution in [3.63, 3.8) is 0 Å². The molecule has 2 rings (SSSR count). The van der Waals surface area contributed by atoms with Crippen molar-refractivity contribution in [2.45, 2.75) is 25.8 Å². The number of nitrogens with one attached hydrogen (secondary N) is 2. The molecular formula is C18H24N2O2S. The highest BCUT2D eigenvalue weighted by Gasteiger charge is 2.02. The van der Waals surface area contributed by atoms with Crippen LogP contribution < -0.4 is 10.6 Å². The molecule has 0 aliphatic heterocycles. The second-order valence-electron chi connectivity index (χ2n) is 5.33. The minimum absolute atomic E-state index is 0.115. The van der Waals surface area contributed by atoms with E-state index in [-0.39, 0.29) is 5.91 Å². The Morgan fingerprint density at radius 2 is 2.04 bits per heavy atom. The Bertz CT molecular complexity index is 567. The molecule has 0 saturated heterocycles. The van der Waals surface area contributed by atoms with Crippen LogP contribution in [0.25, 0.3) is 0 Å². The summed E-state index contributed by atoms with van der Waals surface area (Å²) >= 11 is 1.75. The summed E-state index contributed by atoms with van der Waals surface area (Å²) in [6, 6.07) is 12.3. The number of ether oxygens (including phenoxy) is 1. The van der Waals surface area contributed by atoms with Crippen LogP contribution in [0, 0.1) is 0 Å². The Morgan fingerprint density at radius 1 is 1.22 bits per heavy atom. The van der Waals surface area contributed by atoms with Crippen molar-refractivity contribution in [1.29, 1.82) is 0 Å². The molecule has 124 valence electrons. The minimum atomic E-state index is 0.115. The number of carbonyl (C=O) groups excluding carboxylic acids is 1. The van der Waals surface area contributed by atoms with Gasteiger partial charge in [-0.3, -0.25) is 4.79 Å². The van der Waals surface area contributed by atoms with E-state index in [0.717, 1.165) is 30.6 Å². The first kappa shape index (κ1) is 17.5. The van der Waals surface area contributed by atoms with Gasteiger partial charge in [-0.15, -0.1) is 11.3 Å². The fourth-order valence-electron chi connectivity index (χ4n) is 2.20. The van der Waals surface area contributed by atoms with E-state index >= 15 is 0 Å². The molecule has 0 saturated carbocycles. The molecule has 0 radical (unpaired) electrons. The van der Waals surface area contributed by atoms with Crippen molar-refractivity contribution >= 4 is 22.9 Å². The lowest BCUT2D eigenvalue weighted by atomic mass is 10.2. The SMILES string of the molecule is COCCNc1ccc(CNC(=O)CCCc2cccs2)cc1. The Morgan fingerprint density at radius 3 is 2.74 bits per heavy atom. The van der Waals surface area contributed by atoms with Gasteiger partial charge in [-0.25, -0.2) is 0 Å². The molecule has 5 heteroatoms. The van der Waals surface area contributed by atoms with Crippen LogP contribution >= 0.6 is 11.3 Å². The number of carbonyl (C=O) groups is 1. The topological polar surface area (TPSA) is 50.4 Å². The van der Waals surface area contributed by atoms with Gasteiger partial charge >= 0.3 is 0 Å². The van der Waals surface area contributed by atoms with E-state index in [1.165, 1.54) is 4.88 Å². The smallest absolute Gasteiger partial charge is 0.220 e. The van der Waals surface area contributed by atoms with E-state index < -0.39 is 0 Å². The Hall–Kier alpha value is -1.85. The maximum atomic E-state index is 11.9. The van der Waals surface area contributed by atoms with Crippen LogP contribution in [-0.2, 0) is 22.5 Å². The lowest BCUT2D eigenvalue weighted by Gasteiger charge is -2.08. The van der Waals surface area contributed by atoms with Crippen LogP contribution in [0.2, 0.25) is 0 Å². The highest BCUT2D eigenvalue weighted by molar-refractivity contribution is 7.09. The maximum Gasteiger partial charge on any atom is 0.220 e. The second-order valence-corrected chi connectivity index (χ2v) is 6.36. The van der Waals surface area contributed by atoms with E-state index in [1.54, 1.807) is 18.4 Å². The van der Waals surface area contributed by atoms with Crippen LogP contribution in [0.15, 0.2) is 41.8 Å². The maximum absolute atomic E-state index is 11.9. The van der Waals surface area contributed by atoms with Gasteiger partial charge in [0.05, 0.1) is 6.61 Å². The molecule has 1 aromatic heterocycles. The van der Waals surface area contributed by atoms with Gasteiger partial charge in [-0.1, -0.05) is 18.2 Å². The summed E-state index contributed by atoms with van der Waals surface area (Å²) in [5.41, 5.74) is 2.17. The number of aryl methyl sites for hydroxylation is 1. The van der Waals surface area contributed by atoms with Crippen molar-refractivity contribution in [2.75, 3.05) is 25.6 Å². The van der Waals surface area contributed by atoms with Crippen molar-refractivity contribution < 1.29 is 9.53 Å². The van der Waals surface area contributed by atoms with Crippen LogP contribution in [0.4, 0.5) is 5.69 Å². The molecule has 2 aromatic rings. The Labute approximate surface area is 141 Å². The Kier molecular flexibility index (Phi) is 7.63. The predicted molar refractivity (Wildman–Crippen MR) is 95.9 cm³/mol. The number of hydrogen-bond donors (Lipinski definition) is 2. The number of amides is 1. The zero-order valence-electron chi connectivity index (χ0n) is 13.5. The quantitative estimate of drug-likeness (QED) is 0.655. The number of hydrogen-bond acceptors (Lipinski definition) is 4. The van der Waals surface area contributed by atoms with Gasteiger partial charge in [-0.2, -0.15) is 0 Å². The second kappa shape index (κ2) is 10.0. The summed E-state index contributed by atoms with van der Waals surface area (Å²) in [7, 11) is 1.69. The molecule has 0 fully saturated rings. The standard InChI is InChI=1S/C18H24N2O2S/c1-22-12-11-19-16-9-7-15(8-10-16)14-20-18(21)6-2-4-17-5-3-13-23-17/h3,5,7-10,13,19H,2,4,6,11-12,14H2,1H3,(H,20,21). The molecule has 23 heavy (non-hydrogen) atoms. The van der Waals surface area contributed by atoms with Gasteiger partial charge in [0, 0.05) is 37.2 Å². The molecule has 4 nitrogen and oxygen atoms in total. The van der Waals surface area contributed by atoms with Crippen molar-refractivity contribution in [2.24, 2.45) is 0 Å². The van der Waals surface area contributed by atoms with Crippen molar-refractivity contribution in [3.05, 3.63) is 52.2 Å².